The molecule has 88 valence electrons. The van der Waals surface area contributed by atoms with Gasteiger partial charge in [0.05, 0.1) is 0 Å². The van der Waals surface area contributed by atoms with Crippen LogP contribution in [0.15, 0.2) is 5.16 Å². The molecule has 0 aromatic rings. The van der Waals surface area contributed by atoms with E-state index in [0.29, 0.717) is 5.84 Å². The van der Waals surface area contributed by atoms with Gasteiger partial charge in [-0.3, -0.25) is 0 Å². The van der Waals surface area contributed by atoms with Crippen molar-refractivity contribution in [3.8, 4) is 0 Å². The Morgan fingerprint density at radius 2 is 2.13 bits per heavy atom. The molecule has 1 saturated carbocycles. The Bertz CT molecular complexity index is 234. The van der Waals surface area contributed by atoms with Gasteiger partial charge < -0.3 is 15.8 Å². The first kappa shape index (κ1) is 12.3. The molecule has 0 aromatic carbocycles. The highest BCUT2D eigenvalue weighted by atomic mass is 16.4. The van der Waals surface area contributed by atoms with Gasteiger partial charge >= 0.3 is 0 Å². The molecule has 1 rings (SSSR count). The van der Waals surface area contributed by atoms with Crippen molar-refractivity contribution in [3.63, 3.8) is 0 Å². The summed E-state index contributed by atoms with van der Waals surface area (Å²) in [4.78, 5) is 2.34. The molecule has 1 aliphatic carbocycles. The lowest BCUT2D eigenvalue weighted by Gasteiger charge is -2.26. The third-order valence-electron chi connectivity index (χ3n) is 3.19. The van der Waals surface area contributed by atoms with Gasteiger partial charge in [-0.05, 0) is 38.8 Å². The van der Waals surface area contributed by atoms with Crippen LogP contribution in [-0.2, 0) is 0 Å². The average Bonchev–Trinajstić information content (AvgIpc) is 2.97. The zero-order valence-electron chi connectivity index (χ0n) is 10.0. The number of oxime groups is 1. The van der Waals surface area contributed by atoms with Crippen LogP contribution in [0, 0.1) is 11.3 Å². The Morgan fingerprint density at radius 1 is 1.53 bits per heavy atom. The minimum atomic E-state index is -0.216. The Kier molecular flexibility index (Phi) is 3.97. The maximum Gasteiger partial charge on any atom is 0.144 e. The molecule has 1 aliphatic rings. The Morgan fingerprint density at radius 3 is 2.60 bits per heavy atom. The second-order valence-corrected chi connectivity index (χ2v) is 5.32. The van der Waals surface area contributed by atoms with Crippen molar-refractivity contribution in [3.05, 3.63) is 0 Å². The standard InChI is InChI=1S/C11H23N3O/c1-11(2,10(12)13-15)6-7-14(3)8-9-4-5-9/h9,15H,4-8H2,1-3H3,(H2,12,13). The molecule has 0 radical (unpaired) electrons. The topological polar surface area (TPSA) is 61.8 Å². The summed E-state index contributed by atoms with van der Waals surface area (Å²) < 4.78 is 0. The predicted octanol–water partition coefficient (Wildman–Crippen LogP) is 1.49. The number of rotatable bonds is 6. The van der Waals surface area contributed by atoms with Gasteiger partial charge in [0.25, 0.3) is 0 Å². The summed E-state index contributed by atoms with van der Waals surface area (Å²) in [5.74, 6) is 1.24. The van der Waals surface area contributed by atoms with Crippen LogP contribution in [0.25, 0.3) is 0 Å². The molecule has 0 heterocycles. The summed E-state index contributed by atoms with van der Waals surface area (Å²) >= 11 is 0. The van der Waals surface area contributed by atoms with Crippen LogP contribution >= 0.6 is 0 Å². The van der Waals surface area contributed by atoms with Gasteiger partial charge in [-0.15, -0.1) is 0 Å². The van der Waals surface area contributed by atoms with Gasteiger partial charge in [0.1, 0.15) is 5.84 Å². The van der Waals surface area contributed by atoms with Crippen molar-refractivity contribution >= 4 is 5.84 Å². The summed E-state index contributed by atoms with van der Waals surface area (Å²) in [7, 11) is 2.14. The highest BCUT2D eigenvalue weighted by Crippen LogP contribution is 2.30. The zero-order chi connectivity index (χ0) is 11.5. The number of nitrogens with two attached hydrogens (primary N) is 1. The van der Waals surface area contributed by atoms with E-state index in [9.17, 15) is 0 Å². The van der Waals surface area contributed by atoms with Crippen LogP contribution in [0.1, 0.15) is 33.1 Å². The number of nitrogens with zero attached hydrogens (tertiary/aromatic N) is 2. The van der Waals surface area contributed by atoms with Crippen LogP contribution < -0.4 is 5.73 Å². The van der Waals surface area contributed by atoms with Crippen molar-refractivity contribution in [1.82, 2.24) is 4.90 Å². The second kappa shape index (κ2) is 4.84. The lowest BCUT2D eigenvalue weighted by atomic mass is 9.88. The van der Waals surface area contributed by atoms with Crippen LogP contribution in [0.4, 0.5) is 0 Å². The fraction of sp³-hybridized carbons (Fsp3) is 0.909. The SMILES string of the molecule is CN(CCC(C)(C)C(N)=NO)CC1CC1. The highest BCUT2D eigenvalue weighted by Gasteiger charge is 2.26. The van der Waals surface area contributed by atoms with Crippen LogP contribution in [0.3, 0.4) is 0 Å². The molecule has 0 saturated heterocycles. The quantitative estimate of drug-likeness (QED) is 0.304. The Labute approximate surface area is 92.1 Å². The van der Waals surface area contributed by atoms with Gasteiger partial charge in [0, 0.05) is 12.0 Å². The molecule has 15 heavy (non-hydrogen) atoms. The van der Waals surface area contributed by atoms with Crippen LogP contribution in [0.2, 0.25) is 0 Å². The third-order valence-corrected chi connectivity index (χ3v) is 3.19. The first-order valence-corrected chi connectivity index (χ1v) is 5.62. The highest BCUT2D eigenvalue weighted by molar-refractivity contribution is 5.85. The van der Waals surface area contributed by atoms with Gasteiger partial charge in [-0.1, -0.05) is 19.0 Å². The molecule has 0 unspecified atom stereocenters. The van der Waals surface area contributed by atoms with Crippen molar-refractivity contribution < 1.29 is 5.21 Å². The van der Waals surface area contributed by atoms with E-state index in [-0.39, 0.29) is 5.41 Å². The minimum absolute atomic E-state index is 0.216. The molecule has 3 N–H and O–H groups in total. The maximum absolute atomic E-state index is 8.64. The van der Waals surface area contributed by atoms with Crippen LogP contribution in [-0.4, -0.2) is 36.1 Å². The van der Waals surface area contributed by atoms with E-state index >= 15 is 0 Å². The molecule has 0 aliphatic heterocycles. The Balaban J connectivity index is 2.27. The molecule has 0 aromatic heterocycles. The van der Waals surface area contributed by atoms with Crippen LogP contribution in [0.5, 0.6) is 0 Å². The predicted molar refractivity (Wildman–Crippen MR) is 62.0 cm³/mol. The molecule has 1 fully saturated rings. The van der Waals surface area contributed by atoms with E-state index in [0.717, 1.165) is 18.9 Å². The summed E-state index contributed by atoms with van der Waals surface area (Å²) in [6, 6.07) is 0. The molecule has 0 amide bonds. The van der Waals surface area contributed by atoms with Crippen molar-refractivity contribution in [2.45, 2.75) is 33.1 Å². The molecule has 4 nitrogen and oxygen atoms in total. The molecular weight excluding hydrogens is 190 g/mol. The van der Waals surface area contributed by atoms with Crippen molar-refractivity contribution in [2.24, 2.45) is 22.2 Å². The Hall–Kier alpha value is -0.770. The van der Waals surface area contributed by atoms with Crippen molar-refractivity contribution in [2.75, 3.05) is 20.1 Å². The summed E-state index contributed by atoms with van der Waals surface area (Å²) in [5.41, 5.74) is 5.42. The second-order valence-electron chi connectivity index (χ2n) is 5.32. The largest absolute Gasteiger partial charge is 0.409 e. The van der Waals surface area contributed by atoms with E-state index in [1.807, 2.05) is 13.8 Å². The van der Waals surface area contributed by atoms with Gasteiger partial charge in [0.15, 0.2) is 0 Å². The van der Waals surface area contributed by atoms with Gasteiger partial charge in [-0.25, -0.2) is 0 Å². The lowest BCUT2D eigenvalue weighted by Crippen LogP contribution is -2.35. The summed E-state index contributed by atoms with van der Waals surface area (Å²) in [5, 5.41) is 11.7. The first-order chi connectivity index (χ1) is 6.95. The molecule has 0 spiro atoms. The molecule has 0 bridgehead atoms. The minimum Gasteiger partial charge on any atom is -0.409 e. The molecular formula is C11H23N3O. The fourth-order valence-electron chi connectivity index (χ4n) is 1.57. The zero-order valence-corrected chi connectivity index (χ0v) is 10.0. The van der Waals surface area contributed by atoms with E-state index in [1.165, 1.54) is 19.4 Å². The van der Waals surface area contributed by atoms with E-state index in [2.05, 4.69) is 17.1 Å². The van der Waals surface area contributed by atoms with E-state index in [4.69, 9.17) is 10.9 Å². The third kappa shape index (κ3) is 4.08. The normalized spacial score (nSPS) is 18.5. The summed E-state index contributed by atoms with van der Waals surface area (Å²) in [6.45, 7) is 6.20. The fourth-order valence-corrected chi connectivity index (χ4v) is 1.57. The number of hydrogen-bond donors (Lipinski definition) is 2. The number of hydrogen-bond acceptors (Lipinski definition) is 3. The smallest absolute Gasteiger partial charge is 0.144 e. The number of amidine groups is 1. The average molecular weight is 213 g/mol. The van der Waals surface area contributed by atoms with E-state index < -0.39 is 0 Å². The maximum atomic E-state index is 8.64. The molecule has 4 heteroatoms. The first-order valence-electron chi connectivity index (χ1n) is 5.62. The monoisotopic (exact) mass is 213 g/mol. The van der Waals surface area contributed by atoms with E-state index in [1.54, 1.807) is 0 Å². The summed E-state index contributed by atoms with van der Waals surface area (Å²) in [6.07, 6.45) is 3.69. The molecule has 0 atom stereocenters. The van der Waals surface area contributed by atoms with Gasteiger partial charge in [-0.2, -0.15) is 0 Å². The van der Waals surface area contributed by atoms with Gasteiger partial charge in [0.2, 0.25) is 0 Å². The van der Waals surface area contributed by atoms with Crippen molar-refractivity contribution in [1.29, 1.82) is 0 Å². The lowest BCUT2D eigenvalue weighted by molar-refractivity contribution is 0.270.